The maximum absolute atomic E-state index is 12.7. The number of allylic oxidation sites excluding steroid dienone is 2. The number of nitrogens with one attached hydrogen (secondary N) is 1. The molecule has 0 aliphatic heterocycles. The van der Waals surface area contributed by atoms with Gasteiger partial charge in [-0.3, -0.25) is 4.79 Å². The highest BCUT2D eigenvalue weighted by atomic mass is 31.2. The van der Waals surface area contributed by atoms with Crippen molar-refractivity contribution in [3.05, 3.63) is 77.9 Å². The first-order valence-electron chi connectivity index (χ1n) is 16.1. The van der Waals surface area contributed by atoms with Gasteiger partial charge in [0, 0.05) is 12.5 Å². The molecule has 2 rings (SSSR count). The number of hydrogen-bond acceptors (Lipinski definition) is 6. The van der Waals surface area contributed by atoms with Crippen molar-refractivity contribution < 1.29 is 29.0 Å². The van der Waals surface area contributed by atoms with Gasteiger partial charge >= 0.3 is 13.5 Å². The van der Waals surface area contributed by atoms with Crippen LogP contribution in [0.4, 0.5) is 0 Å². The normalized spacial score (nSPS) is 12.4. The zero-order valence-electron chi connectivity index (χ0n) is 26.0. The monoisotopic (exact) mass is 614 g/mol. The van der Waals surface area contributed by atoms with Crippen LogP contribution in [0.3, 0.4) is 0 Å². The fourth-order valence-electron chi connectivity index (χ4n) is 4.91. The summed E-state index contributed by atoms with van der Waals surface area (Å²) in [5.74, 6) is 0.510. The van der Waals surface area contributed by atoms with Crippen molar-refractivity contribution in [2.45, 2.75) is 122 Å². The van der Waals surface area contributed by atoms with Crippen LogP contribution in [0, 0.1) is 0 Å². The maximum atomic E-state index is 12.7. The zero-order valence-corrected chi connectivity index (χ0v) is 26.9. The van der Waals surface area contributed by atoms with Gasteiger partial charge in [0.25, 0.3) is 0 Å². The Balaban J connectivity index is 1.68. The molecule has 2 aromatic carbocycles. The number of ether oxygens (including phenoxy) is 1. The zero-order chi connectivity index (χ0) is 31.2. The lowest BCUT2D eigenvalue weighted by Crippen LogP contribution is -2.38. The highest BCUT2D eigenvalue weighted by molar-refractivity contribution is 7.76. The second-order valence-corrected chi connectivity index (χ2v) is 13.0. The summed E-state index contributed by atoms with van der Waals surface area (Å²) in [5.41, 5.74) is 0.855. The van der Waals surface area contributed by atoms with Crippen LogP contribution < -0.4 is 10.1 Å². The van der Waals surface area contributed by atoms with Crippen LogP contribution in [0.2, 0.25) is 0 Å². The Hall–Kier alpha value is -2.57. The van der Waals surface area contributed by atoms with Gasteiger partial charge in [-0.05, 0) is 61.8 Å². The molecule has 7 nitrogen and oxygen atoms in total. The standard InChI is InChI=1S/C35H52NO6P/c1-2-3-4-5-6-7-8-9-10-11-12-13-14-15-19-22-34(37)36-32(28-35(38)43(39,40)41)27-30-23-25-33(26-24-30)42-29-31-20-17-16-18-21-31/h9-10,16-18,20-21,23-26,32,39-41H,2-8,11-15,19,22,27-29H2,1H3/p+1/b10-9-/t32-/m0/s1. The number of carbonyl (C=O) groups is 2. The number of unbranched alkanes of at least 4 members (excludes halogenated alkanes) is 11. The molecule has 0 aromatic heterocycles. The molecule has 1 atom stereocenters. The minimum atomic E-state index is -4.62. The van der Waals surface area contributed by atoms with Crippen LogP contribution in [-0.4, -0.2) is 32.2 Å². The molecular weight excluding hydrogens is 561 g/mol. The smallest absolute Gasteiger partial charge is 0.478 e. The van der Waals surface area contributed by atoms with Gasteiger partial charge in [-0.15, -0.1) is 0 Å². The van der Waals surface area contributed by atoms with Gasteiger partial charge in [0.05, 0.1) is 6.42 Å². The molecule has 0 fully saturated rings. The molecule has 2 aromatic rings. The fraction of sp³-hybridized carbons (Fsp3) is 0.543. The SMILES string of the molecule is CCCCCCCC/C=C\CCCCCCCC(=O)N[C@H](CC(=O)[P+](O)(O)O)Cc1ccc(OCc2ccccc2)cc1. The van der Waals surface area contributed by atoms with E-state index in [0.29, 0.717) is 25.2 Å². The van der Waals surface area contributed by atoms with Gasteiger partial charge < -0.3 is 10.1 Å². The van der Waals surface area contributed by atoms with Gasteiger partial charge in [0.1, 0.15) is 12.4 Å². The van der Waals surface area contributed by atoms with E-state index in [9.17, 15) is 24.3 Å². The van der Waals surface area contributed by atoms with Crippen LogP contribution in [0.1, 0.15) is 114 Å². The van der Waals surface area contributed by atoms with Gasteiger partial charge in [-0.1, -0.05) is 113 Å². The summed E-state index contributed by atoms with van der Waals surface area (Å²) < 4.78 is 5.82. The molecule has 0 heterocycles. The molecule has 0 radical (unpaired) electrons. The van der Waals surface area contributed by atoms with Gasteiger partial charge in [-0.25, -0.2) is 4.79 Å². The summed E-state index contributed by atoms with van der Waals surface area (Å²) in [6, 6.07) is 16.5. The van der Waals surface area contributed by atoms with E-state index in [2.05, 4.69) is 24.4 Å². The van der Waals surface area contributed by atoms with Crippen molar-refractivity contribution in [2.24, 2.45) is 0 Å². The van der Waals surface area contributed by atoms with Crippen LogP contribution in [-0.2, 0) is 22.6 Å². The number of rotatable bonds is 24. The topological polar surface area (TPSA) is 116 Å². The van der Waals surface area contributed by atoms with Crippen LogP contribution in [0.15, 0.2) is 66.7 Å². The summed E-state index contributed by atoms with van der Waals surface area (Å²) in [7, 11) is -4.62. The number of benzene rings is 2. The van der Waals surface area contributed by atoms with Gasteiger partial charge in [0.2, 0.25) is 5.91 Å². The first-order chi connectivity index (χ1) is 20.8. The van der Waals surface area contributed by atoms with E-state index in [4.69, 9.17) is 4.74 Å². The Kier molecular flexibility index (Phi) is 18.7. The quantitative estimate of drug-likeness (QED) is 0.0541. The first-order valence-corrected chi connectivity index (χ1v) is 17.7. The third kappa shape index (κ3) is 18.0. The molecule has 0 saturated carbocycles. The minimum Gasteiger partial charge on any atom is -0.489 e. The highest BCUT2D eigenvalue weighted by Gasteiger charge is 2.43. The van der Waals surface area contributed by atoms with Crippen LogP contribution >= 0.6 is 7.94 Å². The predicted molar refractivity (Wildman–Crippen MR) is 176 cm³/mol. The first kappa shape index (κ1) is 36.6. The van der Waals surface area contributed by atoms with E-state index in [1.54, 1.807) is 0 Å². The molecular formula is C35H53NO6P+. The van der Waals surface area contributed by atoms with E-state index in [-0.39, 0.29) is 12.3 Å². The Morgan fingerprint density at radius 3 is 1.95 bits per heavy atom. The number of amides is 1. The maximum Gasteiger partial charge on any atom is 0.478 e. The van der Waals surface area contributed by atoms with Crippen molar-refractivity contribution in [3.8, 4) is 5.75 Å². The lowest BCUT2D eigenvalue weighted by atomic mass is 10.0. The summed E-state index contributed by atoms with van der Waals surface area (Å²) >= 11 is 0. The third-order valence-corrected chi connectivity index (χ3v) is 8.29. The summed E-state index contributed by atoms with van der Waals surface area (Å²) in [5, 5.41) is 2.86. The summed E-state index contributed by atoms with van der Waals surface area (Å²) in [4.78, 5) is 53.1. The molecule has 0 bridgehead atoms. The number of hydrogen-bond donors (Lipinski definition) is 4. The molecule has 0 aliphatic rings. The molecule has 0 aliphatic carbocycles. The van der Waals surface area contributed by atoms with Gasteiger partial charge in [-0.2, -0.15) is 14.7 Å². The van der Waals surface area contributed by atoms with E-state index in [1.165, 1.54) is 44.9 Å². The molecule has 238 valence electrons. The molecule has 0 saturated heterocycles. The Bertz CT molecular complexity index is 1050. The second kappa shape index (κ2) is 22.0. The molecule has 1 amide bonds. The second-order valence-electron chi connectivity index (χ2n) is 11.4. The molecule has 0 unspecified atom stereocenters. The van der Waals surface area contributed by atoms with Crippen molar-refractivity contribution in [1.29, 1.82) is 0 Å². The van der Waals surface area contributed by atoms with E-state index in [1.807, 2.05) is 54.6 Å². The van der Waals surface area contributed by atoms with Crippen molar-refractivity contribution >= 4 is 19.4 Å². The molecule has 0 spiro atoms. The highest BCUT2D eigenvalue weighted by Crippen LogP contribution is 2.46. The van der Waals surface area contributed by atoms with E-state index < -0.39 is 19.5 Å². The van der Waals surface area contributed by atoms with Crippen LogP contribution in [0.25, 0.3) is 0 Å². The Labute approximate surface area is 259 Å². The predicted octanol–water partition coefficient (Wildman–Crippen LogP) is 7.99. The Morgan fingerprint density at radius 2 is 1.35 bits per heavy atom. The molecule has 43 heavy (non-hydrogen) atoms. The third-order valence-electron chi connectivity index (χ3n) is 7.44. The van der Waals surface area contributed by atoms with E-state index in [0.717, 1.165) is 49.7 Å². The van der Waals surface area contributed by atoms with E-state index >= 15 is 0 Å². The van der Waals surface area contributed by atoms with Crippen LogP contribution in [0.5, 0.6) is 5.75 Å². The largest absolute Gasteiger partial charge is 0.489 e. The van der Waals surface area contributed by atoms with Crippen molar-refractivity contribution in [1.82, 2.24) is 5.32 Å². The lowest BCUT2D eigenvalue weighted by molar-refractivity contribution is -0.122. The average molecular weight is 615 g/mol. The Morgan fingerprint density at radius 1 is 0.767 bits per heavy atom. The average Bonchev–Trinajstić information content (AvgIpc) is 2.98. The summed E-state index contributed by atoms with van der Waals surface area (Å²) in [6.45, 7) is 2.69. The van der Waals surface area contributed by atoms with Gasteiger partial charge in [0.15, 0.2) is 0 Å². The molecule has 4 N–H and O–H groups in total. The lowest BCUT2D eigenvalue weighted by Gasteiger charge is -2.18. The van der Waals surface area contributed by atoms with Crippen molar-refractivity contribution in [3.63, 3.8) is 0 Å². The summed E-state index contributed by atoms with van der Waals surface area (Å²) in [6.07, 6.45) is 20.3. The minimum absolute atomic E-state index is 0.184. The number of carbonyl (C=O) groups excluding carboxylic acids is 2. The van der Waals surface area contributed by atoms with Crippen molar-refractivity contribution in [2.75, 3.05) is 0 Å². The fourth-order valence-corrected chi connectivity index (χ4v) is 5.38. The molecule has 8 heteroatoms.